The van der Waals surface area contributed by atoms with Crippen molar-refractivity contribution in [3.63, 3.8) is 0 Å². The van der Waals surface area contributed by atoms with E-state index in [2.05, 4.69) is 25.6 Å². The van der Waals surface area contributed by atoms with Crippen LogP contribution < -0.4 is 9.46 Å². The molecule has 0 saturated heterocycles. The van der Waals surface area contributed by atoms with Gasteiger partial charge in [0.1, 0.15) is 16.2 Å². The molecule has 1 N–H and O–H groups in total. The van der Waals surface area contributed by atoms with Crippen molar-refractivity contribution >= 4 is 42.7 Å². The van der Waals surface area contributed by atoms with Gasteiger partial charge in [0, 0.05) is 11.4 Å². The largest absolute Gasteiger partial charge is 0.492 e. The van der Waals surface area contributed by atoms with E-state index in [0.29, 0.717) is 39.5 Å². The van der Waals surface area contributed by atoms with Crippen LogP contribution in [-0.2, 0) is 10.0 Å². The third-order valence-corrected chi connectivity index (χ3v) is 5.14. The predicted molar refractivity (Wildman–Crippen MR) is 94.9 cm³/mol. The van der Waals surface area contributed by atoms with Crippen LogP contribution in [0.3, 0.4) is 0 Å². The van der Waals surface area contributed by atoms with Crippen LogP contribution in [0.5, 0.6) is 5.75 Å². The molecular formula is C16H15BrN2O4S. The van der Waals surface area contributed by atoms with Crippen molar-refractivity contribution in [1.82, 2.24) is 4.98 Å². The van der Waals surface area contributed by atoms with Gasteiger partial charge >= 0.3 is 0 Å². The third-order valence-electron chi connectivity index (χ3n) is 3.24. The molecule has 0 aliphatic rings. The van der Waals surface area contributed by atoms with Crippen molar-refractivity contribution in [3.05, 3.63) is 46.8 Å². The maximum absolute atomic E-state index is 12.7. The fraction of sp³-hybridized carbons (Fsp3) is 0.188. The zero-order valence-corrected chi connectivity index (χ0v) is 15.4. The quantitative estimate of drug-likeness (QED) is 0.684. The molecule has 0 unspecified atom stereocenters. The van der Waals surface area contributed by atoms with Crippen LogP contribution in [0.25, 0.3) is 11.1 Å². The fourth-order valence-corrected chi connectivity index (χ4v) is 4.02. The van der Waals surface area contributed by atoms with E-state index in [1.165, 1.54) is 6.07 Å². The average molecular weight is 411 g/mol. The number of ether oxygens (including phenoxy) is 1. The monoisotopic (exact) mass is 410 g/mol. The Morgan fingerprint density at radius 2 is 2.04 bits per heavy atom. The van der Waals surface area contributed by atoms with Crippen LogP contribution in [0.15, 0.2) is 50.2 Å². The topological polar surface area (TPSA) is 81.4 Å². The van der Waals surface area contributed by atoms with Gasteiger partial charge in [0.25, 0.3) is 10.0 Å². The van der Waals surface area contributed by atoms with Gasteiger partial charge in [-0.3, -0.25) is 4.72 Å². The van der Waals surface area contributed by atoms with Crippen LogP contribution in [0, 0.1) is 6.92 Å². The summed E-state index contributed by atoms with van der Waals surface area (Å²) < 4.78 is 39.5. The first-order chi connectivity index (χ1) is 11.4. The number of anilines is 1. The Labute approximate surface area is 148 Å². The molecule has 0 fully saturated rings. The van der Waals surface area contributed by atoms with Crippen molar-refractivity contribution in [3.8, 4) is 5.75 Å². The molecule has 0 amide bonds. The summed E-state index contributed by atoms with van der Waals surface area (Å²) in [6.45, 7) is 3.90. The predicted octanol–water partition coefficient (Wildman–Crippen LogP) is 4.10. The highest BCUT2D eigenvalue weighted by Crippen LogP contribution is 2.30. The van der Waals surface area contributed by atoms with Gasteiger partial charge in [-0.1, -0.05) is 15.9 Å². The van der Waals surface area contributed by atoms with Crippen LogP contribution in [0.4, 0.5) is 5.69 Å². The lowest BCUT2D eigenvalue weighted by atomic mass is 10.3. The molecule has 0 radical (unpaired) electrons. The molecule has 0 saturated carbocycles. The second-order valence-electron chi connectivity index (χ2n) is 5.04. The zero-order valence-electron chi connectivity index (χ0n) is 13.0. The van der Waals surface area contributed by atoms with E-state index in [0.717, 1.165) is 0 Å². The Morgan fingerprint density at radius 1 is 1.25 bits per heavy atom. The van der Waals surface area contributed by atoms with E-state index in [-0.39, 0.29) is 4.90 Å². The van der Waals surface area contributed by atoms with E-state index in [9.17, 15) is 8.42 Å². The van der Waals surface area contributed by atoms with Crippen LogP contribution in [0.2, 0.25) is 0 Å². The summed E-state index contributed by atoms with van der Waals surface area (Å²) in [6, 6.07) is 9.79. The summed E-state index contributed by atoms with van der Waals surface area (Å²) in [4.78, 5) is 4.27. The molecule has 0 aliphatic carbocycles. The van der Waals surface area contributed by atoms with Gasteiger partial charge in [-0.05, 0) is 43.3 Å². The number of hydrogen-bond donors (Lipinski definition) is 1. The Bertz CT molecular complexity index is 998. The van der Waals surface area contributed by atoms with Crippen molar-refractivity contribution in [1.29, 1.82) is 0 Å². The molecule has 1 heterocycles. The number of oxazole rings is 1. The number of nitrogens with zero attached hydrogens (tertiary/aromatic N) is 1. The highest BCUT2D eigenvalue weighted by atomic mass is 79.9. The molecule has 126 valence electrons. The Morgan fingerprint density at radius 3 is 2.79 bits per heavy atom. The molecule has 0 aliphatic heterocycles. The minimum Gasteiger partial charge on any atom is -0.492 e. The molecule has 6 nitrogen and oxygen atoms in total. The molecule has 0 spiro atoms. The van der Waals surface area contributed by atoms with Gasteiger partial charge in [0.15, 0.2) is 11.5 Å². The number of halogens is 1. The van der Waals surface area contributed by atoms with Gasteiger partial charge in [0.05, 0.1) is 12.3 Å². The van der Waals surface area contributed by atoms with Crippen LogP contribution >= 0.6 is 15.9 Å². The summed E-state index contributed by atoms with van der Waals surface area (Å²) in [5, 5.41) is 0. The number of benzene rings is 2. The van der Waals surface area contributed by atoms with Gasteiger partial charge < -0.3 is 9.15 Å². The lowest BCUT2D eigenvalue weighted by Crippen LogP contribution is -2.14. The molecule has 3 rings (SSSR count). The van der Waals surface area contributed by atoms with Crippen molar-refractivity contribution in [2.75, 3.05) is 11.3 Å². The average Bonchev–Trinajstić information content (AvgIpc) is 2.88. The second-order valence-corrected chi connectivity index (χ2v) is 7.61. The molecule has 1 aromatic heterocycles. The summed E-state index contributed by atoms with van der Waals surface area (Å²) in [7, 11) is -3.81. The Balaban J connectivity index is 1.99. The molecule has 24 heavy (non-hydrogen) atoms. The SMILES string of the molecule is CCOc1ccc(Br)cc1S(=O)(=O)Nc1ccc2oc(C)nc2c1. The number of rotatable bonds is 5. The maximum Gasteiger partial charge on any atom is 0.265 e. The standard InChI is InChI=1S/C16H15BrN2O4S/c1-3-22-15-6-4-11(17)8-16(15)24(20,21)19-12-5-7-14-13(9-12)18-10(2)23-14/h4-9,19H,3H2,1-2H3. The number of fused-ring (bicyclic) bond motifs is 1. The summed E-state index contributed by atoms with van der Waals surface area (Å²) in [6.07, 6.45) is 0. The molecule has 2 aromatic carbocycles. The van der Waals surface area contributed by atoms with E-state index in [1.807, 2.05) is 0 Å². The first-order valence-corrected chi connectivity index (χ1v) is 9.49. The van der Waals surface area contributed by atoms with Crippen molar-refractivity contribution in [2.45, 2.75) is 18.7 Å². The molecule has 3 aromatic rings. The zero-order chi connectivity index (χ0) is 17.3. The Kier molecular flexibility index (Phi) is 4.51. The van der Waals surface area contributed by atoms with Crippen molar-refractivity contribution < 1.29 is 17.6 Å². The minimum atomic E-state index is -3.81. The summed E-state index contributed by atoms with van der Waals surface area (Å²) in [5.74, 6) is 0.821. The number of sulfonamides is 1. The van der Waals surface area contributed by atoms with Gasteiger partial charge in [-0.25, -0.2) is 13.4 Å². The summed E-state index contributed by atoms with van der Waals surface area (Å²) >= 11 is 3.29. The second kappa shape index (κ2) is 6.45. The normalized spacial score (nSPS) is 11.6. The number of hydrogen-bond acceptors (Lipinski definition) is 5. The maximum atomic E-state index is 12.7. The number of aromatic nitrogens is 1. The lowest BCUT2D eigenvalue weighted by molar-refractivity contribution is 0.331. The first-order valence-electron chi connectivity index (χ1n) is 7.21. The van der Waals surface area contributed by atoms with E-state index < -0.39 is 10.0 Å². The molecular weight excluding hydrogens is 396 g/mol. The van der Waals surface area contributed by atoms with Crippen LogP contribution in [0.1, 0.15) is 12.8 Å². The summed E-state index contributed by atoms with van der Waals surface area (Å²) in [5.41, 5.74) is 1.60. The minimum absolute atomic E-state index is 0.0650. The van der Waals surface area contributed by atoms with E-state index in [4.69, 9.17) is 9.15 Å². The molecule has 0 atom stereocenters. The van der Waals surface area contributed by atoms with Gasteiger partial charge in [-0.15, -0.1) is 0 Å². The Hall–Kier alpha value is -2.06. The van der Waals surface area contributed by atoms with Crippen LogP contribution in [-0.4, -0.2) is 20.0 Å². The smallest absolute Gasteiger partial charge is 0.265 e. The van der Waals surface area contributed by atoms with E-state index in [1.54, 1.807) is 44.2 Å². The number of aryl methyl sites for hydroxylation is 1. The lowest BCUT2D eigenvalue weighted by Gasteiger charge is -2.13. The van der Waals surface area contributed by atoms with Gasteiger partial charge in [0.2, 0.25) is 0 Å². The fourth-order valence-electron chi connectivity index (χ4n) is 2.28. The van der Waals surface area contributed by atoms with Gasteiger partial charge in [-0.2, -0.15) is 0 Å². The van der Waals surface area contributed by atoms with Crippen molar-refractivity contribution in [2.24, 2.45) is 0 Å². The van der Waals surface area contributed by atoms with E-state index >= 15 is 0 Å². The first kappa shape index (κ1) is 16.8. The number of nitrogens with one attached hydrogen (secondary N) is 1. The molecule has 0 bridgehead atoms. The third kappa shape index (κ3) is 3.39. The highest BCUT2D eigenvalue weighted by Gasteiger charge is 2.21. The molecule has 8 heteroatoms. The highest BCUT2D eigenvalue weighted by molar-refractivity contribution is 9.10.